The van der Waals surface area contributed by atoms with Crippen molar-refractivity contribution < 1.29 is 9.48 Å². The van der Waals surface area contributed by atoms with Crippen molar-refractivity contribution in [3.8, 4) is 0 Å². The summed E-state index contributed by atoms with van der Waals surface area (Å²) in [6, 6.07) is 10.4. The lowest BCUT2D eigenvalue weighted by Crippen LogP contribution is -2.40. The molecule has 0 radical (unpaired) electrons. The third-order valence-corrected chi connectivity index (χ3v) is 2.90. The van der Waals surface area contributed by atoms with Crippen LogP contribution in [0.25, 0.3) is 0 Å². The standard InChI is InChI=1S/C12H18NO/c1-13(9-5-6-10-13)14-11-12-7-3-2-4-8-12/h2-4,7-8H,5-6,9-11H2,1H3/q+1. The molecular formula is C12H18NO+. The predicted molar refractivity (Wildman–Crippen MR) is 56.4 cm³/mol. The number of benzene rings is 1. The fourth-order valence-electron chi connectivity index (χ4n) is 1.94. The lowest BCUT2D eigenvalue weighted by molar-refractivity contribution is -1.09. The van der Waals surface area contributed by atoms with E-state index in [1.54, 1.807) is 0 Å². The molecular weight excluding hydrogens is 174 g/mol. The van der Waals surface area contributed by atoms with Gasteiger partial charge in [-0.2, -0.15) is 9.48 Å². The summed E-state index contributed by atoms with van der Waals surface area (Å²) in [5.41, 5.74) is 1.26. The Morgan fingerprint density at radius 3 is 2.43 bits per heavy atom. The second kappa shape index (κ2) is 4.11. The zero-order valence-corrected chi connectivity index (χ0v) is 8.78. The van der Waals surface area contributed by atoms with E-state index in [4.69, 9.17) is 4.84 Å². The molecule has 1 aromatic rings. The van der Waals surface area contributed by atoms with E-state index in [-0.39, 0.29) is 0 Å². The first-order chi connectivity index (χ1) is 6.79. The Hall–Kier alpha value is -0.860. The summed E-state index contributed by atoms with van der Waals surface area (Å²) >= 11 is 0. The monoisotopic (exact) mass is 192 g/mol. The highest BCUT2D eigenvalue weighted by Crippen LogP contribution is 2.18. The number of nitrogens with zero attached hydrogens (tertiary/aromatic N) is 1. The summed E-state index contributed by atoms with van der Waals surface area (Å²) in [7, 11) is 2.18. The first-order valence-electron chi connectivity index (χ1n) is 5.32. The molecule has 14 heavy (non-hydrogen) atoms. The Labute approximate surface area is 85.7 Å². The maximum Gasteiger partial charge on any atom is 0.131 e. The first-order valence-corrected chi connectivity index (χ1v) is 5.32. The molecule has 1 fully saturated rings. The largest absolute Gasteiger partial charge is 0.198 e. The second-order valence-electron chi connectivity index (χ2n) is 4.21. The Morgan fingerprint density at radius 1 is 1.14 bits per heavy atom. The molecule has 0 bridgehead atoms. The van der Waals surface area contributed by atoms with Crippen LogP contribution in [0.15, 0.2) is 30.3 Å². The van der Waals surface area contributed by atoms with Gasteiger partial charge in [-0.3, -0.25) is 0 Å². The fourth-order valence-corrected chi connectivity index (χ4v) is 1.94. The van der Waals surface area contributed by atoms with Gasteiger partial charge < -0.3 is 0 Å². The van der Waals surface area contributed by atoms with Gasteiger partial charge in [0, 0.05) is 12.8 Å². The van der Waals surface area contributed by atoms with Crippen LogP contribution in [0.1, 0.15) is 18.4 Å². The van der Waals surface area contributed by atoms with Crippen molar-refractivity contribution in [1.29, 1.82) is 0 Å². The molecule has 0 amide bonds. The molecule has 0 spiro atoms. The average Bonchev–Trinajstić information content (AvgIpc) is 2.65. The van der Waals surface area contributed by atoms with E-state index in [2.05, 4.69) is 31.3 Å². The van der Waals surface area contributed by atoms with Gasteiger partial charge in [-0.1, -0.05) is 30.3 Å². The van der Waals surface area contributed by atoms with E-state index < -0.39 is 0 Å². The van der Waals surface area contributed by atoms with Crippen molar-refractivity contribution in [2.45, 2.75) is 19.4 Å². The summed E-state index contributed by atoms with van der Waals surface area (Å²) < 4.78 is 0.787. The molecule has 1 aromatic carbocycles. The minimum absolute atomic E-state index is 0.733. The fraction of sp³-hybridized carbons (Fsp3) is 0.500. The smallest absolute Gasteiger partial charge is 0.131 e. The van der Waals surface area contributed by atoms with Crippen molar-refractivity contribution in [3.63, 3.8) is 0 Å². The number of hydroxylamine groups is 3. The highest BCUT2D eigenvalue weighted by atomic mass is 16.7. The molecule has 1 aliphatic rings. The van der Waals surface area contributed by atoms with Crippen molar-refractivity contribution in [2.75, 3.05) is 20.1 Å². The number of hydrogen-bond donors (Lipinski definition) is 0. The van der Waals surface area contributed by atoms with Gasteiger partial charge in [-0.15, -0.1) is 0 Å². The third kappa shape index (κ3) is 2.34. The Kier molecular flexibility index (Phi) is 2.85. The van der Waals surface area contributed by atoms with Crippen LogP contribution in [-0.2, 0) is 11.4 Å². The van der Waals surface area contributed by atoms with E-state index in [0.717, 1.165) is 24.3 Å². The van der Waals surface area contributed by atoms with Crippen LogP contribution in [0, 0.1) is 0 Å². The molecule has 0 N–H and O–H groups in total. The van der Waals surface area contributed by atoms with E-state index in [1.165, 1.54) is 18.4 Å². The highest BCUT2D eigenvalue weighted by molar-refractivity contribution is 5.13. The molecule has 2 rings (SSSR count). The van der Waals surface area contributed by atoms with Crippen molar-refractivity contribution in [2.24, 2.45) is 0 Å². The first kappa shape index (κ1) is 9.69. The Bertz CT molecular complexity index is 278. The minimum Gasteiger partial charge on any atom is -0.198 e. The molecule has 1 heterocycles. The summed E-state index contributed by atoms with van der Waals surface area (Å²) in [4.78, 5) is 5.91. The van der Waals surface area contributed by atoms with Crippen LogP contribution in [0.4, 0.5) is 0 Å². The predicted octanol–water partition coefficient (Wildman–Crippen LogP) is 2.36. The van der Waals surface area contributed by atoms with Crippen LogP contribution in [-0.4, -0.2) is 24.8 Å². The van der Waals surface area contributed by atoms with Crippen LogP contribution >= 0.6 is 0 Å². The van der Waals surface area contributed by atoms with E-state index in [9.17, 15) is 0 Å². The molecule has 0 unspecified atom stereocenters. The van der Waals surface area contributed by atoms with Gasteiger partial charge in [0.2, 0.25) is 0 Å². The van der Waals surface area contributed by atoms with E-state index in [0.29, 0.717) is 0 Å². The maximum absolute atomic E-state index is 5.91. The van der Waals surface area contributed by atoms with Gasteiger partial charge in [0.05, 0.1) is 7.05 Å². The molecule has 76 valence electrons. The lowest BCUT2D eigenvalue weighted by Gasteiger charge is -2.25. The second-order valence-corrected chi connectivity index (χ2v) is 4.21. The normalized spacial score (nSPS) is 19.8. The summed E-state index contributed by atoms with van der Waals surface area (Å²) in [5, 5.41) is 0. The van der Waals surface area contributed by atoms with Crippen LogP contribution in [0.5, 0.6) is 0 Å². The SMILES string of the molecule is C[N+]1(OCc2ccccc2)CCCC1. The Balaban J connectivity index is 1.88. The van der Waals surface area contributed by atoms with Crippen molar-refractivity contribution in [3.05, 3.63) is 35.9 Å². The summed E-state index contributed by atoms with van der Waals surface area (Å²) in [6.45, 7) is 3.05. The van der Waals surface area contributed by atoms with Gasteiger partial charge in [-0.05, 0) is 5.56 Å². The molecule has 0 aromatic heterocycles. The maximum atomic E-state index is 5.91. The van der Waals surface area contributed by atoms with Crippen LogP contribution in [0.3, 0.4) is 0 Å². The Morgan fingerprint density at radius 2 is 1.79 bits per heavy atom. The number of likely N-dealkylation sites (tertiary alicyclic amines) is 1. The van der Waals surface area contributed by atoms with Crippen LogP contribution in [0.2, 0.25) is 0 Å². The number of rotatable bonds is 3. The summed E-state index contributed by atoms with van der Waals surface area (Å²) in [5.74, 6) is 0. The zero-order valence-electron chi connectivity index (χ0n) is 8.78. The zero-order chi connectivity index (χ0) is 9.86. The van der Waals surface area contributed by atoms with Gasteiger partial charge in [0.25, 0.3) is 0 Å². The summed E-state index contributed by atoms with van der Waals surface area (Å²) in [6.07, 6.45) is 2.59. The molecule has 1 aliphatic heterocycles. The third-order valence-electron chi connectivity index (χ3n) is 2.90. The van der Waals surface area contributed by atoms with Gasteiger partial charge >= 0.3 is 0 Å². The minimum atomic E-state index is 0.733. The molecule has 1 saturated heterocycles. The lowest BCUT2D eigenvalue weighted by atomic mass is 10.2. The molecule has 2 heteroatoms. The van der Waals surface area contributed by atoms with Crippen LogP contribution < -0.4 is 0 Å². The highest BCUT2D eigenvalue weighted by Gasteiger charge is 2.28. The molecule has 0 atom stereocenters. The quantitative estimate of drug-likeness (QED) is 0.668. The van der Waals surface area contributed by atoms with Gasteiger partial charge in [0.1, 0.15) is 19.7 Å². The molecule has 0 saturated carbocycles. The van der Waals surface area contributed by atoms with Gasteiger partial charge in [0.15, 0.2) is 0 Å². The number of hydrogen-bond acceptors (Lipinski definition) is 1. The number of quaternary nitrogens is 1. The topological polar surface area (TPSA) is 9.23 Å². The average molecular weight is 192 g/mol. The van der Waals surface area contributed by atoms with Gasteiger partial charge in [-0.25, -0.2) is 0 Å². The van der Waals surface area contributed by atoms with E-state index >= 15 is 0 Å². The van der Waals surface area contributed by atoms with E-state index in [1.807, 2.05) is 6.07 Å². The molecule has 2 nitrogen and oxygen atoms in total. The van der Waals surface area contributed by atoms with Crippen molar-refractivity contribution in [1.82, 2.24) is 0 Å². The van der Waals surface area contributed by atoms with Crippen molar-refractivity contribution >= 4 is 0 Å². The molecule has 0 aliphatic carbocycles.